The quantitative estimate of drug-likeness (QED) is 0.606. The van der Waals surface area contributed by atoms with Gasteiger partial charge in [0, 0.05) is 30.3 Å². The molecule has 1 aliphatic rings. The van der Waals surface area contributed by atoms with Crippen molar-refractivity contribution in [2.45, 2.75) is 19.3 Å². The maximum absolute atomic E-state index is 13.1. The average Bonchev–Trinajstić information content (AvgIpc) is 3.24. The van der Waals surface area contributed by atoms with Crippen LogP contribution in [0.3, 0.4) is 0 Å². The predicted octanol–water partition coefficient (Wildman–Crippen LogP) is 5.08. The van der Waals surface area contributed by atoms with Gasteiger partial charge in [0.05, 0.1) is 11.3 Å². The van der Waals surface area contributed by atoms with Gasteiger partial charge in [0.2, 0.25) is 0 Å². The van der Waals surface area contributed by atoms with E-state index in [1.54, 1.807) is 12.1 Å². The van der Waals surface area contributed by atoms with Crippen molar-refractivity contribution in [2.24, 2.45) is 0 Å². The van der Waals surface area contributed by atoms with E-state index in [0.717, 1.165) is 25.2 Å². The number of hydrogen-bond donors (Lipinski definition) is 2. The number of benzene rings is 3. The number of aromatic carboxylic acids is 1. The minimum Gasteiger partial charge on any atom is -0.478 e. The van der Waals surface area contributed by atoms with E-state index in [0.29, 0.717) is 5.92 Å². The van der Waals surface area contributed by atoms with Gasteiger partial charge in [-0.1, -0.05) is 29.8 Å². The first-order chi connectivity index (χ1) is 14.9. The molecule has 3 aromatic rings. The number of aryl methyl sites for hydroxylation is 1. The highest BCUT2D eigenvalue weighted by Crippen LogP contribution is 2.33. The van der Waals surface area contributed by atoms with E-state index in [2.05, 4.69) is 41.4 Å². The number of anilines is 2. The average molecular weight is 418 g/mol. The zero-order valence-electron chi connectivity index (χ0n) is 17.1. The van der Waals surface area contributed by atoms with E-state index in [1.807, 2.05) is 6.07 Å². The number of carboxylic acids is 1. The molecular formula is C25H23FN2O3. The van der Waals surface area contributed by atoms with Crippen molar-refractivity contribution in [3.05, 3.63) is 94.8 Å². The van der Waals surface area contributed by atoms with Crippen molar-refractivity contribution in [3.63, 3.8) is 0 Å². The number of carbonyl (C=O) groups is 2. The van der Waals surface area contributed by atoms with E-state index in [1.165, 1.54) is 35.4 Å². The van der Waals surface area contributed by atoms with E-state index in [9.17, 15) is 19.1 Å². The van der Waals surface area contributed by atoms with Crippen LogP contribution in [0.1, 0.15) is 44.2 Å². The molecule has 31 heavy (non-hydrogen) atoms. The van der Waals surface area contributed by atoms with Crippen LogP contribution in [-0.4, -0.2) is 30.1 Å². The molecular weight excluding hydrogens is 395 g/mol. The van der Waals surface area contributed by atoms with Gasteiger partial charge in [-0.15, -0.1) is 0 Å². The molecule has 0 unspecified atom stereocenters. The zero-order valence-corrected chi connectivity index (χ0v) is 17.1. The number of carboxylic acid groups (broad SMARTS) is 1. The van der Waals surface area contributed by atoms with Crippen molar-refractivity contribution in [2.75, 3.05) is 23.3 Å². The van der Waals surface area contributed by atoms with E-state index < -0.39 is 17.7 Å². The molecule has 158 valence electrons. The third kappa shape index (κ3) is 4.58. The van der Waals surface area contributed by atoms with Crippen LogP contribution in [0.4, 0.5) is 15.8 Å². The molecule has 6 heteroatoms. The van der Waals surface area contributed by atoms with Gasteiger partial charge in [0.15, 0.2) is 0 Å². The van der Waals surface area contributed by atoms with Crippen molar-refractivity contribution in [1.29, 1.82) is 0 Å². The molecule has 0 bridgehead atoms. The van der Waals surface area contributed by atoms with Crippen molar-refractivity contribution in [1.82, 2.24) is 0 Å². The minimum atomic E-state index is -1.12. The number of amides is 1. The van der Waals surface area contributed by atoms with Crippen LogP contribution < -0.4 is 10.2 Å². The Bertz CT molecular complexity index is 1130. The topological polar surface area (TPSA) is 69.6 Å². The fourth-order valence-corrected chi connectivity index (χ4v) is 4.00. The van der Waals surface area contributed by atoms with E-state index in [4.69, 9.17) is 0 Å². The van der Waals surface area contributed by atoms with Gasteiger partial charge in [-0.2, -0.15) is 0 Å². The lowest BCUT2D eigenvalue weighted by Crippen LogP contribution is -2.20. The Kier molecular flexibility index (Phi) is 5.71. The van der Waals surface area contributed by atoms with Crippen molar-refractivity contribution < 1.29 is 19.1 Å². The third-order valence-electron chi connectivity index (χ3n) is 5.66. The second kappa shape index (κ2) is 8.60. The van der Waals surface area contributed by atoms with Gasteiger partial charge >= 0.3 is 5.97 Å². The Hall–Kier alpha value is -3.67. The lowest BCUT2D eigenvalue weighted by molar-refractivity contribution is 0.0698. The number of hydrogen-bond acceptors (Lipinski definition) is 3. The molecule has 4 rings (SSSR count). The summed E-state index contributed by atoms with van der Waals surface area (Å²) in [4.78, 5) is 26.5. The van der Waals surface area contributed by atoms with Gasteiger partial charge in [-0.3, -0.25) is 4.79 Å². The molecule has 0 spiro atoms. The largest absolute Gasteiger partial charge is 0.478 e. The summed E-state index contributed by atoms with van der Waals surface area (Å²) in [5.74, 6) is -1.66. The fourth-order valence-electron chi connectivity index (χ4n) is 4.00. The third-order valence-corrected chi connectivity index (χ3v) is 5.66. The van der Waals surface area contributed by atoms with E-state index >= 15 is 0 Å². The highest BCUT2D eigenvalue weighted by atomic mass is 19.1. The lowest BCUT2D eigenvalue weighted by Gasteiger charge is -2.20. The second-order valence-corrected chi connectivity index (χ2v) is 7.84. The van der Waals surface area contributed by atoms with Crippen LogP contribution in [0, 0.1) is 12.7 Å². The molecule has 1 atom stereocenters. The predicted molar refractivity (Wildman–Crippen MR) is 119 cm³/mol. The Balaban J connectivity index is 1.53. The zero-order chi connectivity index (χ0) is 22.0. The fraction of sp³-hybridized carbons (Fsp3) is 0.200. The Morgan fingerprint density at radius 1 is 1.06 bits per heavy atom. The summed E-state index contributed by atoms with van der Waals surface area (Å²) in [6, 6.07) is 18.6. The summed E-state index contributed by atoms with van der Waals surface area (Å²) in [5.41, 5.74) is 3.82. The van der Waals surface area contributed by atoms with Crippen LogP contribution in [-0.2, 0) is 0 Å². The van der Waals surface area contributed by atoms with Crippen LogP contribution in [0.2, 0.25) is 0 Å². The molecule has 5 nitrogen and oxygen atoms in total. The smallest absolute Gasteiger partial charge is 0.337 e. The molecule has 0 aromatic heterocycles. The molecule has 1 fully saturated rings. The number of rotatable bonds is 5. The Morgan fingerprint density at radius 2 is 1.84 bits per heavy atom. The number of nitrogens with one attached hydrogen (secondary N) is 1. The van der Waals surface area contributed by atoms with E-state index in [-0.39, 0.29) is 16.8 Å². The normalized spacial score (nSPS) is 15.7. The first-order valence-electron chi connectivity index (χ1n) is 10.2. The molecule has 1 aliphatic heterocycles. The SMILES string of the molecule is Cc1cccc([C@@H]2CCN(c3ccc(NC(=O)c4ccc(F)cc4)c(C(=O)O)c3)C2)c1. The van der Waals surface area contributed by atoms with Gasteiger partial charge in [-0.05, 0) is 61.4 Å². The number of carbonyl (C=O) groups excluding carboxylic acids is 1. The van der Waals surface area contributed by atoms with Crippen LogP contribution in [0.5, 0.6) is 0 Å². The van der Waals surface area contributed by atoms with Gasteiger partial charge in [-0.25, -0.2) is 9.18 Å². The highest BCUT2D eigenvalue weighted by molar-refractivity contribution is 6.08. The summed E-state index contributed by atoms with van der Waals surface area (Å²) in [6.45, 7) is 3.72. The minimum absolute atomic E-state index is 0.0203. The van der Waals surface area contributed by atoms with Gasteiger partial charge in [0.25, 0.3) is 5.91 Å². The number of nitrogens with zero attached hydrogens (tertiary/aromatic N) is 1. The molecule has 0 radical (unpaired) electrons. The maximum atomic E-state index is 13.1. The molecule has 1 heterocycles. The van der Waals surface area contributed by atoms with Crippen LogP contribution in [0.25, 0.3) is 0 Å². The maximum Gasteiger partial charge on any atom is 0.337 e. The summed E-state index contributed by atoms with van der Waals surface area (Å²) < 4.78 is 13.1. The molecule has 2 N–H and O–H groups in total. The Morgan fingerprint density at radius 3 is 2.55 bits per heavy atom. The van der Waals surface area contributed by atoms with Gasteiger partial charge in [0.1, 0.15) is 5.82 Å². The highest BCUT2D eigenvalue weighted by Gasteiger charge is 2.25. The lowest BCUT2D eigenvalue weighted by atomic mass is 9.97. The number of halogens is 1. The monoisotopic (exact) mass is 418 g/mol. The van der Waals surface area contributed by atoms with Crippen LogP contribution >= 0.6 is 0 Å². The van der Waals surface area contributed by atoms with Crippen LogP contribution in [0.15, 0.2) is 66.7 Å². The first-order valence-corrected chi connectivity index (χ1v) is 10.2. The molecule has 1 saturated heterocycles. The summed E-state index contributed by atoms with van der Waals surface area (Å²) in [6.07, 6.45) is 0.995. The van der Waals surface area contributed by atoms with Gasteiger partial charge < -0.3 is 15.3 Å². The molecule has 1 amide bonds. The Labute approximate surface area is 180 Å². The standard InChI is InChI=1S/C25H23FN2O3/c1-16-3-2-4-18(13-16)19-11-12-28(15-19)21-9-10-23(22(14-21)25(30)31)27-24(29)17-5-7-20(26)8-6-17/h2-10,13-14,19H,11-12,15H2,1H3,(H,27,29)(H,30,31)/t19-/m1/s1. The first kappa shape index (κ1) is 20.6. The molecule has 0 saturated carbocycles. The van der Waals surface area contributed by atoms with Crippen molar-refractivity contribution in [3.8, 4) is 0 Å². The second-order valence-electron chi connectivity index (χ2n) is 7.84. The summed E-state index contributed by atoms with van der Waals surface area (Å²) >= 11 is 0. The molecule has 3 aromatic carbocycles. The molecule has 0 aliphatic carbocycles. The van der Waals surface area contributed by atoms with Crippen molar-refractivity contribution >= 4 is 23.3 Å². The summed E-state index contributed by atoms with van der Waals surface area (Å²) in [5, 5.41) is 12.3. The summed E-state index contributed by atoms with van der Waals surface area (Å²) in [7, 11) is 0.